The number of carboxylic acids is 1. The highest BCUT2D eigenvalue weighted by atomic mass is 19.1. The number of hydrogen-bond acceptors (Lipinski definition) is 4. The molecule has 0 unspecified atom stereocenters. The molecule has 0 aliphatic rings. The van der Waals surface area contributed by atoms with Gasteiger partial charge in [-0.1, -0.05) is 0 Å². The molecule has 6 heteroatoms. The smallest absolute Gasteiger partial charge is 0.340 e. The number of carbonyl (C=O) groups is 1. The van der Waals surface area contributed by atoms with E-state index in [9.17, 15) is 14.3 Å². The average Bonchev–Trinajstić information content (AvgIpc) is 2.92. The van der Waals surface area contributed by atoms with Gasteiger partial charge in [-0.15, -0.1) is 0 Å². The molecule has 0 amide bonds. The number of carboxylic acid groups (broad SMARTS) is 1. The van der Waals surface area contributed by atoms with Crippen LogP contribution in [0, 0.1) is 5.82 Å². The third-order valence-corrected chi connectivity index (χ3v) is 3.98. The maximum atomic E-state index is 13.3. The Balaban J connectivity index is 2.25. The van der Waals surface area contributed by atoms with Gasteiger partial charge in [-0.3, -0.25) is 0 Å². The van der Waals surface area contributed by atoms with Gasteiger partial charge in [0.25, 0.3) is 0 Å². The number of fused-ring (bicyclic) bond motifs is 1. The van der Waals surface area contributed by atoms with Crippen LogP contribution in [0.2, 0.25) is 0 Å². The maximum Gasteiger partial charge on any atom is 0.340 e. The number of halogens is 1. The van der Waals surface area contributed by atoms with E-state index in [1.807, 2.05) is 34.6 Å². The Morgan fingerprint density at radius 1 is 1.18 bits per heavy atom. The Morgan fingerprint density at radius 3 is 2.36 bits per heavy atom. The molecule has 0 radical (unpaired) electrons. The number of ether oxygens (including phenoxy) is 1. The number of furan rings is 1. The van der Waals surface area contributed by atoms with Crippen LogP contribution in [0.3, 0.4) is 0 Å². The first-order valence-corrected chi connectivity index (χ1v) is 9.10. The summed E-state index contributed by atoms with van der Waals surface area (Å²) in [6, 6.07) is 8.97. The SMILES string of the molecule is CC(C)Oc1cc2c(C(=O)O)c(-c3ccc(F)cc3)oc2cc1NC(C)(C)C. The lowest BCUT2D eigenvalue weighted by atomic mass is 10.0. The van der Waals surface area contributed by atoms with Crippen LogP contribution in [0.4, 0.5) is 10.1 Å². The number of rotatable bonds is 5. The number of aromatic carboxylic acids is 1. The van der Waals surface area contributed by atoms with E-state index in [-0.39, 0.29) is 23.0 Å². The maximum absolute atomic E-state index is 13.3. The van der Waals surface area contributed by atoms with Crippen molar-refractivity contribution in [2.45, 2.75) is 46.3 Å². The molecular weight excluding hydrogens is 361 g/mol. The van der Waals surface area contributed by atoms with Crippen LogP contribution in [-0.4, -0.2) is 22.7 Å². The van der Waals surface area contributed by atoms with Crippen molar-refractivity contribution in [1.29, 1.82) is 0 Å². The Kier molecular flexibility index (Phi) is 5.06. The minimum atomic E-state index is -1.12. The van der Waals surface area contributed by atoms with E-state index in [4.69, 9.17) is 9.15 Å². The Bertz CT molecular complexity index is 1010. The van der Waals surface area contributed by atoms with E-state index in [0.29, 0.717) is 28.0 Å². The first kappa shape index (κ1) is 19.7. The van der Waals surface area contributed by atoms with Crippen molar-refractivity contribution in [3.8, 4) is 17.1 Å². The quantitative estimate of drug-likeness (QED) is 0.569. The molecular formula is C22H24FNO4. The van der Waals surface area contributed by atoms with Crippen LogP contribution < -0.4 is 10.1 Å². The summed E-state index contributed by atoms with van der Waals surface area (Å²) in [4.78, 5) is 12.0. The van der Waals surface area contributed by atoms with Crippen LogP contribution in [0.5, 0.6) is 5.75 Å². The highest BCUT2D eigenvalue weighted by molar-refractivity contribution is 6.09. The number of benzene rings is 2. The fourth-order valence-electron chi connectivity index (χ4n) is 2.99. The van der Waals surface area contributed by atoms with Gasteiger partial charge in [0.15, 0.2) is 0 Å². The van der Waals surface area contributed by atoms with Gasteiger partial charge in [0.1, 0.15) is 28.5 Å². The predicted octanol–water partition coefficient (Wildman–Crippen LogP) is 5.93. The van der Waals surface area contributed by atoms with Crippen molar-refractivity contribution in [3.63, 3.8) is 0 Å². The molecule has 0 fully saturated rings. The lowest BCUT2D eigenvalue weighted by molar-refractivity contribution is 0.0699. The zero-order valence-electron chi connectivity index (χ0n) is 16.6. The molecule has 3 rings (SSSR count). The minimum Gasteiger partial charge on any atom is -0.489 e. The van der Waals surface area contributed by atoms with E-state index >= 15 is 0 Å². The predicted molar refractivity (Wildman–Crippen MR) is 108 cm³/mol. The number of nitrogens with one attached hydrogen (secondary N) is 1. The number of anilines is 1. The Labute approximate surface area is 163 Å². The highest BCUT2D eigenvalue weighted by Gasteiger charge is 2.25. The molecule has 2 aromatic carbocycles. The van der Waals surface area contributed by atoms with Crippen LogP contribution in [0.1, 0.15) is 45.0 Å². The molecule has 0 bridgehead atoms. The Morgan fingerprint density at radius 2 is 1.82 bits per heavy atom. The van der Waals surface area contributed by atoms with Crippen molar-refractivity contribution < 1.29 is 23.4 Å². The summed E-state index contributed by atoms with van der Waals surface area (Å²) < 4.78 is 25.1. The fraction of sp³-hybridized carbons (Fsp3) is 0.318. The van der Waals surface area contributed by atoms with Gasteiger partial charge in [0.05, 0.1) is 11.8 Å². The molecule has 0 aliphatic carbocycles. The summed E-state index contributed by atoms with van der Waals surface area (Å²) in [6.07, 6.45) is -0.0882. The second-order valence-electron chi connectivity index (χ2n) is 8.00. The van der Waals surface area contributed by atoms with E-state index in [2.05, 4.69) is 5.32 Å². The molecule has 1 aromatic heterocycles. The highest BCUT2D eigenvalue weighted by Crippen LogP contribution is 2.40. The lowest BCUT2D eigenvalue weighted by Crippen LogP contribution is -2.26. The van der Waals surface area contributed by atoms with E-state index in [0.717, 1.165) is 0 Å². The average molecular weight is 385 g/mol. The summed E-state index contributed by atoms with van der Waals surface area (Å²) in [5, 5.41) is 13.6. The van der Waals surface area contributed by atoms with Crippen molar-refractivity contribution in [2.24, 2.45) is 0 Å². The molecule has 1 heterocycles. The topological polar surface area (TPSA) is 71.7 Å². The first-order chi connectivity index (χ1) is 13.0. The van der Waals surface area contributed by atoms with Gasteiger partial charge >= 0.3 is 5.97 Å². The van der Waals surface area contributed by atoms with Crippen molar-refractivity contribution in [3.05, 3.63) is 47.8 Å². The van der Waals surface area contributed by atoms with Gasteiger partial charge in [0.2, 0.25) is 0 Å². The normalized spacial score (nSPS) is 11.8. The molecule has 0 saturated heterocycles. The molecule has 0 atom stereocenters. The molecule has 2 N–H and O–H groups in total. The Hall–Kier alpha value is -3.02. The summed E-state index contributed by atoms with van der Waals surface area (Å²) in [5.74, 6) is -0.789. The summed E-state index contributed by atoms with van der Waals surface area (Å²) >= 11 is 0. The third kappa shape index (κ3) is 4.11. The third-order valence-electron chi connectivity index (χ3n) is 3.98. The lowest BCUT2D eigenvalue weighted by Gasteiger charge is -2.24. The van der Waals surface area contributed by atoms with Gasteiger partial charge in [-0.2, -0.15) is 0 Å². The van der Waals surface area contributed by atoms with Crippen molar-refractivity contribution in [1.82, 2.24) is 0 Å². The zero-order valence-corrected chi connectivity index (χ0v) is 16.6. The summed E-state index contributed by atoms with van der Waals surface area (Å²) in [7, 11) is 0. The van der Waals surface area contributed by atoms with Crippen LogP contribution >= 0.6 is 0 Å². The monoisotopic (exact) mass is 385 g/mol. The molecule has 0 aliphatic heterocycles. The van der Waals surface area contributed by atoms with Gasteiger partial charge in [-0.25, -0.2) is 9.18 Å². The largest absolute Gasteiger partial charge is 0.489 e. The van der Waals surface area contributed by atoms with E-state index < -0.39 is 11.8 Å². The van der Waals surface area contributed by atoms with E-state index in [1.165, 1.54) is 24.3 Å². The second-order valence-corrected chi connectivity index (χ2v) is 8.00. The van der Waals surface area contributed by atoms with Crippen molar-refractivity contribution >= 4 is 22.6 Å². The second kappa shape index (κ2) is 7.19. The van der Waals surface area contributed by atoms with Crippen LogP contribution in [0.25, 0.3) is 22.3 Å². The molecule has 0 saturated carbocycles. The molecule has 0 spiro atoms. The standard InChI is InChI=1S/C22H24FNO4/c1-12(2)27-18-10-15-17(11-16(18)24-22(3,4)5)28-20(19(15)21(25)26)13-6-8-14(23)9-7-13/h6-12,24H,1-5H3,(H,25,26). The molecule has 148 valence electrons. The molecule has 28 heavy (non-hydrogen) atoms. The van der Waals surface area contributed by atoms with Gasteiger partial charge in [-0.05, 0) is 65.0 Å². The number of hydrogen-bond donors (Lipinski definition) is 2. The van der Waals surface area contributed by atoms with Crippen molar-refractivity contribution in [2.75, 3.05) is 5.32 Å². The summed E-state index contributed by atoms with van der Waals surface area (Å²) in [5.41, 5.74) is 1.42. The summed E-state index contributed by atoms with van der Waals surface area (Å²) in [6.45, 7) is 9.87. The first-order valence-electron chi connectivity index (χ1n) is 9.10. The molecule has 3 aromatic rings. The van der Waals surface area contributed by atoms with E-state index in [1.54, 1.807) is 12.1 Å². The van der Waals surface area contributed by atoms with Crippen LogP contribution in [0.15, 0.2) is 40.8 Å². The van der Waals surface area contributed by atoms with Gasteiger partial charge < -0.3 is 19.6 Å². The van der Waals surface area contributed by atoms with Crippen LogP contribution in [-0.2, 0) is 0 Å². The van der Waals surface area contributed by atoms with Gasteiger partial charge in [0, 0.05) is 22.6 Å². The zero-order chi connectivity index (χ0) is 20.6. The fourth-order valence-corrected chi connectivity index (χ4v) is 2.99. The molecule has 5 nitrogen and oxygen atoms in total. The minimum absolute atomic E-state index is 0.0255.